The maximum Gasteiger partial charge on any atom is 0.354 e. The van der Waals surface area contributed by atoms with Crippen LogP contribution in [0.25, 0.3) is 0 Å². The Morgan fingerprint density at radius 2 is 2.21 bits per heavy atom. The summed E-state index contributed by atoms with van der Waals surface area (Å²) in [6.07, 6.45) is 7.47. The van der Waals surface area contributed by atoms with E-state index in [1.165, 1.54) is 6.20 Å². The highest BCUT2D eigenvalue weighted by Gasteiger charge is 2.31. The molecule has 3 aliphatic rings. The Labute approximate surface area is 169 Å². The second-order valence-corrected chi connectivity index (χ2v) is 9.76. The molecule has 0 saturated heterocycles. The van der Waals surface area contributed by atoms with Gasteiger partial charge < -0.3 is 10.6 Å². The van der Waals surface area contributed by atoms with Crippen LogP contribution in [0.2, 0.25) is 0 Å². The van der Waals surface area contributed by atoms with Gasteiger partial charge in [0.25, 0.3) is 0 Å². The van der Waals surface area contributed by atoms with E-state index in [1.54, 1.807) is 4.68 Å². The number of urea groups is 1. The quantitative estimate of drug-likeness (QED) is 0.710. The van der Waals surface area contributed by atoms with Crippen LogP contribution in [0.3, 0.4) is 0 Å². The van der Waals surface area contributed by atoms with E-state index in [1.807, 2.05) is 6.92 Å². The van der Waals surface area contributed by atoms with Crippen LogP contribution in [-0.2, 0) is 29.3 Å². The number of aryl methyl sites for hydroxylation is 2. The van der Waals surface area contributed by atoms with Gasteiger partial charge in [0.05, 0.1) is 11.9 Å². The summed E-state index contributed by atoms with van der Waals surface area (Å²) in [6.45, 7) is 3.45. The predicted octanol–water partition coefficient (Wildman–Crippen LogP) is 2.70. The summed E-state index contributed by atoms with van der Waals surface area (Å²) in [5.41, 5.74) is 4.97. The number of hydrogen-bond acceptors (Lipinski definition) is 5. The van der Waals surface area contributed by atoms with Crippen molar-refractivity contribution in [1.29, 1.82) is 0 Å². The second kappa shape index (κ2) is 6.81. The summed E-state index contributed by atoms with van der Waals surface area (Å²) < 4.78 is 18.6. The van der Waals surface area contributed by atoms with Gasteiger partial charge in [0.15, 0.2) is 0 Å². The number of hydrogen-bond donors (Lipinski definition) is 3. The summed E-state index contributed by atoms with van der Waals surface area (Å²) >= 11 is 0. The first kappa shape index (κ1) is 18.6. The Balaban J connectivity index is 1.48. The minimum Gasteiger partial charge on any atom is -0.369 e. The van der Waals surface area contributed by atoms with Crippen molar-refractivity contribution >= 4 is 27.5 Å². The zero-order valence-corrected chi connectivity index (χ0v) is 17.2. The average molecular weight is 416 g/mol. The molecule has 1 aliphatic heterocycles. The first-order valence-corrected chi connectivity index (χ1v) is 11.7. The van der Waals surface area contributed by atoms with E-state index in [0.29, 0.717) is 11.7 Å². The fraction of sp³-hybridized carbons (Fsp3) is 0.526. The highest BCUT2D eigenvalue weighted by Crippen LogP contribution is 2.44. The molecule has 1 unspecified atom stereocenters. The van der Waals surface area contributed by atoms with Crippen molar-refractivity contribution in [3.63, 3.8) is 0 Å². The molecule has 29 heavy (non-hydrogen) atoms. The molecule has 4 N–H and O–H groups in total. The van der Waals surface area contributed by atoms with Crippen LogP contribution in [0.15, 0.2) is 15.5 Å². The molecule has 2 aromatic heterocycles. The molecule has 0 bridgehead atoms. The van der Waals surface area contributed by atoms with Crippen LogP contribution in [0.4, 0.5) is 16.3 Å². The molecule has 1 fully saturated rings. The normalized spacial score (nSPS) is 19.7. The molecular formula is C19H25N7O2S. The van der Waals surface area contributed by atoms with E-state index in [4.69, 9.17) is 10.1 Å². The van der Waals surface area contributed by atoms with Crippen LogP contribution in [0, 0.1) is 6.92 Å². The third-order valence-corrected chi connectivity index (χ3v) is 7.25. The number of pyridine rings is 1. The van der Waals surface area contributed by atoms with Crippen molar-refractivity contribution in [3.05, 3.63) is 28.7 Å². The third-order valence-electron chi connectivity index (χ3n) is 5.88. The lowest BCUT2D eigenvalue weighted by Gasteiger charge is -2.17. The molecule has 5 rings (SSSR count). The fourth-order valence-electron chi connectivity index (χ4n) is 4.30. The topological polar surface area (TPSA) is 127 Å². The maximum absolute atomic E-state index is 13.1. The van der Waals surface area contributed by atoms with Gasteiger partial charge in [-0.05, 0) is 56.6 Å². The fourth-order valence-corrected chi connectivity index (χ4v) is 5.34. The minimum atomic E-state index is -3.42. The standard InChI is InChI=1S/C19H25N7O2S/c1-11-16(12-6-7-12)23-14-5-2-4-13(14)17(11)24-19(27)25-29(20,28)15-10-22-26-9-3-8-21-18(15)26/h10,12,21H,2-9H2,1H3,(H3,20,23,24,25,27,28). The van der Waals surface area contributed by atoms with Gasteiger partial charge in [0, 0.05) is 30.4 Å². The monoisotopic (exact) mass is 415 g/mol. The van der Waals surface area contributed by atoms with Crippen molar-refractivity contribution < 1.29 is 9.00 Å². The van der Waals surface area contributed by atoms with Crippen LogP contribution in [-0.4, -0.2) is 31.5 Å². The highest BCUT2D eigenvalue weighted by atomic mass is 32.2. The van der Waals surface area contributed by atoms with Gasteiger partial charge in [-0.15, -0.1) is 4.36 Å². The lowest BCUT2D eigenvalue weighted by Crippen LogP contribution is -2.22. The summed E-state index contributed by atoms with van der Waals surface area (Å²) in [6, 6.07) is -0.696. The lowest BCUT2D eigenvalue weighted by molar-refractivity contribution is 0.260. The van der Waals surface area contributed by atoms with Crippen LogP contribution in [0.5, 0.6) is 0 Å². The largest absolute Gasteiger partial charge is 0.369 e. The number of nitrogens with zero attached hydrogens (tertiary/aromatic N) is 4. The van der Waals surface area contributed by atoms with Crippen molar-refractivity contribution in [3.8, 4) is 0 Å². The average Bonchev–Trinajstić information content (AvgIpc) is 3.24. The summed E-state index contributed by atoms with van der Waals surface area (Å²) in [4.78, 5) is 17.9. The number of carbonyl (C=O) groups is 1. The molecule has 10 heteroatoms. The Morgan fingerprint density at radius 1 is 1.38 bits per heavy atom. The molecule has 1 saturated carbocycles. The number of carbonyl (C=O) groups excluding carboxylic acids is 1. The number of nitrogens with two attached hydrogens (primary N) is 1. The van der Waals surface area contributed by atoms with Crippen LogP contribution >= 0.6 is 0 Å². The van der Waals surface area contributed by atoms with E-state index in [2.05, 4.69) is 20.1 Å². The van der Waals surface area contributed by atoms with Crippen LogP contribution < -0.4 is 15.8 Å². The first-order valence-electron chi connectivity index (χ1n) is 10.1. The molecule has 2 amide bonds. The molecule has 0 spiro atoms. The van der Waals surface area contributed by atoms with Gasteiger partial charge >= 0.3 is 6.03 Å². The number of amides is 2. The van der Waals surface area contributed by atoms with Gasteiger partial charge in [-0.1, -0.05) is 0 Å². The molecule has 0 aromatic carbocycles. The van der Waals surface area contributed by atoms with Gasteiger partial charge in [-0.25, -0.2) is 18.8 Å². The van der Waals surface area contributed by atoms with Gasteiger partial charge in [0.1, 0.15) is 20.6 Å². The molecule has 154 valence electrons. The number of nitrogens with one attached hydrogen (secondary N) is 2. The van der Waals surface area contributed by atoms with Gasteiger partial charge in [-0.2, -0.15) is 5.10 Å². The number of rotatable bonds is 3. The molecule has 2 aromatic rings. The van der Waals surface area contributed by atoms with Gasteiger partial charge in [0.2, 0.25) is 0 Å². The van der Waals surface area contributed by atoms with Crippen molar-refractivity contribution in [2.75, 3.05) is 17.2 Å². The van der Waals surface area contributed by atoms with Gasteiger partial charge in [-0.3, -0.25) is 4.98 Å². The van der Waals surface area contributed by atoms with Crippen molar-refractivity contribution in [2.45, 2.75) is 62.8 Å². The molecule has 1 atom stereocenters. The zero-order chi connectivity index (χ0) is 20.2. The maximum atomic E-state index is 13.1. The van der Waals surface area contributed by atoms with E-state index in [0.717, 1.165) is 79.8 Å². The SMILES string of the molecule is Cc1c(C2CC2)nc2c(c1NC(=O)N=S(N)(=O)c1cnn3c1NCCC3)CCC2. The predicted molar refractivity (Wildman–Crippen MR) is 110 cm³/mol. The summed E-state index contributed by atoms with van der Waals surface area (Å²) in [7, 11) is -3.42. The Bertz CT molecular complexity index is 1130. The van der Waals surface area contributed by atoms with E-state index < -0.39 is 15.9 Å². The minimum absolute atomic E-state index is 0.266. The molecule has 3 heterocycles. The Morgan fingerprint density at radius 3 is 3.00 bits per heavy atom. The zero-order valence-electron chi connectivity index (χ0n) is 16.4. The molecule has 0 radical (unpaired) electrons. The number of fused-ring (bicyclic) bond motifs is 2. The Kier molecular flexibility index (Phi) is 4.36. The first-order chi connectivity index (χ1) is 13.9. The molecule has 9 nitrogen and oxygen atoms in total. The summed E-state index contributed by atoms with van der Waals surface area (Å²) in [5.74, 6) is 1.06. The number of anilines is 2. The van der Waals surface area contributed by atoms with E-state index in [-0.39, 0.29) is 4.90 Å². The van der Waals surface area contributed by atoms with Crippen LogP contribution in [0.1, 0.15) is 54.1 Å². The lowest BCUT2D eigenvalue weighted by atomic mass is 10.0. The smallest absolute Gasteiger partial charge is 0.354 e. The number of aromatic nitrogens is 3. The highest BCUT2D eigenvalue weighted by molar-refractivity contribution is 7.91. The third kappa shape index (κ3) is 3.29. The van der Waals surface area contributed by atoms with Crippen molar-refractivity contribution in [2.24, 2.45) is 9.50 Å². The molecule has 2 aliphatic carbocycles. The summed E-state index contributed by atoms with van der Waals surface area (Å²) in [5, 5.41) is 16.2. The van der Waals surface area contributed by atoms with E-state index >= 15 is 0 Å². The van der Waals surface area contributed by atoms with Crippen molar-refractivity contribution in [1.82, 2.24) is 14.8 Å². The second-order valence-electron chi connectivity index (χ2n) is 8.00. The Hall–Kier alpha value is -2.46. The molecular weight excluding hydrogens is 390 g/mol. The van der Waals surface area contributed by atoms with E-state index in [9.17, 15) is 9.00 Å².